The van der Waals surface area contributed by atoms with E-state index in [4.69, 9.17) is 4.74 Å². The summed E-state index contributed by atoms with van der Waals surface area (Å²) in [6, 6.07) is 5.49. The van der Waals surface area contributed by atoms with Crippen molar-refractivity contribution in [2.45, 2.75) is 43.2 Å². The molecular formula is C15H19NO5S. The van der Waals surface area contributed by atoms with E-state index in [2.05, 4.69) is 0 Å². The molecule has 0 spiro atoms. The Kier molecular flexibility index (Phi) is 3.86. The Morgan fingerprint density at radius 3 is 2.45 bits per heavy atom. The van der Waals surface area contributed by atoms with Crippen LogP contribution >= 0.6 is 0 Å². The summed E-state index contributed by atoms with van der Waals surface area (Å²) in [4.78, 5) is 12.2. The summed E-state index contributed by atoms with van der Waals surface area (Å²) in [5.41, 5.74) is 0.924. The van der Waals surface area contributed by atoms with Crippen molar-refractivity contribution in [2.75, 3.05) is 6.61 Å². The average molecular weight is 325 g/mol. The lowest BCUT2D eigenvalue weighted by molar-refractivity contribution is 0.00433. The molecule has 22 heavy (non-hydrogen) atoms. The van der Waals surface area contributed by atoms with E-state index in [1.165, 1.54) is 12.1 Å². The third kappa shape index (κ3) is 2.70. The number of ether oxygens (including phenoxy) is 1. The number of aliphatic hydroxyl groups excluding tert-OH is 1. The smallest absolute Gasteiger partial charge is 0.424 e. The van der Waals surface area contributed by atoms with Crippen LogP contribution in [-0.4, -0.2) is 42.7 Å². The molecule has 1 amide bonds. The number of amides is 1. The van der Waals surface area contributed by atoms with Gasteiger partial charge < -0.3 is 9.84 Å². The zero-order valence-electron chi connectivity index (χ0n) is 12.3. The van der Waals surface area contributed by atoms with Crippen molar-refractivity contribution in [3.05, 3.63) is 29.8 Å². The maximum atomic E-state index is 12.7. The number of benzene rings is 1. The lowest BCUT2D eigenvalue weighted by Crippen LogP contribution is -2.53. The quantitative estimate of drug-likeness (QED) is 0.910. The molecule has 1 saturated carbocycles. The molecule has 1 N–H and O–H groups in total. The van der Waals surface area contributed by atoms with Crippen LogP contribution in [0, 0.1) is 12.8 Å². The van der Waals surface area contributed by atoms with Gasteiger partial charge in [-0.2, -0.15) is 4.31 Å². The molecule has 1 aromatic rings. The molecule has 7 heteroatoms. The van der Waals surface area contributed by atoms with Gasteiger partial charge in [-0.05, 0) is 37.8 Å². The Morgan fingerprint density at radius 2 is 1.91 bits per heavy atom. The van der Waals surface area contributed by atoms with Crippen LogP contribution in [0.15, 0.2) is 29.2 Å². The van der Waals surface area contributed by atoms with E-state index >= 15 is 0 Å². The van der Waals surface area contributed by atoms with E-state index in [1.807, 2.05) is 6.92 Å². The van der Waals surface area contributed by atoms with E-state index < -0.39 is 28.8 Å². The molecule has 0 radical (unpaired) electrons. The van der Waals surface area contributed by atoms with Crippen LogP contribution in [0.3, 0.4) is 0 Å². The van der Waals surface area contributed by atoms with Crippen LogP contribution in [0.4, 0.5) is 4.79 Å². The maximum Gasteiger partial charge on any atom is 0.424 e. The van der Waals surface area contributed by atoms with Crippen molar-refractivity contribution in [3.63, 3.8) is 0 Å². The number of carbonyl (C=O) groups is 1. The first kappa shape index (κ1) is 15.3. The van der Waals surface area contributed by atoms with Gasteiger partial charge in [0.1, 0.15) is 6.10 Å². The fourth-order valence-electron chi connectivity index (χ4n) is 2.77. The molecule has 3 rings (SSSR count). The summed E-state index contributed by atoms with van der Waals surface area (Å²) in [6.45, 7) is 1.45. The number of nitrogens with zero attached hydrogens (tertiary/aromatic N) is 1. The van der Waals surface area contributed by atoms with Crippen molar-refractivity contribution in [3.8, 4) is 0 Å². The second-order valence-corrected chi connectivity index (χ2v) is 7.76. The summed E-state index contributed by atoms with van der Waals surface area (Å²) in [5, 5.41) is 9.54. The highest BCUT2D eigenvalue weighted by atomic mass is 32.2. The first-order chi connectivity index (χ1) is 10.4. The van der Waals surface area contributed by atoms with Crippen LogP contribution in [-0.2, 0) is 14.8 Å². The van der Waals surface area contributed by atoms with Crippen LogP contribution in [0.5, 0.6) is 0 Å². The molecular weight excluding hydrogens is 306 g/mol. The fourth-order valence-corrected chi connectivity index (χ4v) is 4.26. The number of aliphatic hydroxyl groups is 1. The van der Waals surface area contributed by atoms with Gasteiger partial charge >= 0.3 is 6.09 Å². The monoisotopic (exact) mass is 325 g/mol. The Hall–Kier alpha value is -1.60. The van der Waals surface area contributed by atoms with E-state index in [0.29, 0.717) is 16.6 Å². The molecule has 2 aliphatic rings. The minimum Gasteiger partial charge on any atom is -0.445 e. The Bertz CT molecular complexity index is 666. The normalized spacial score (nSPS) is 25.9. The van der Waals surface area contributed by atoms with Crippen LogP contribution < -0.4 is 0 Å². The van der Waals surface area contributed by atoms with Crippen LogP contribution in [0.25, 0.3) is 0 Å². The van der Waals surface area contributed by atoms with Crippen molar-refractivity contribution in [1.29, 1.82) is 0 Å². The largest absolute Gasteiger partial charge is 0.445 e. The van der Waals surface area contributed by atoms with Crippen molar-refractivity contribution < 1.29 is 23.1 Å². The summed E-state index contributed by atoms with van der Waals surface area (Å²) in [7, 11) is -4.02. The second-order valence-electron chi connectivity index (χ2n) is 5.95. The van der Waals surface area contributed by atoms with E-state index in [1.54, 1.807) is 12.1 Å². The summed E-state index contributed by atoms with van der Waals surface area (Å²) >= 11 is 0. The number of aryl methyl sites for hydroxylation is 1. The zero-order valence-corrected chi connectivity index (χ0v) is 13.1. The van der Waals surface area contributed by atoms with E-state index in [0.717, 1.165) is 18.4 Å². The molecule has 2 atom stereocenters. The van der Waals surface area contributed by atoms with Gasteiger partial charge in [0.2, 0.25) is 0 Å². The molecule has 0 bridgehead atoms. The molecule has 120 valence electrons. The standard InChI is InChI=1S/C15H19NO5S/c1-10-2-6-13(7-3-10)22(19,20)16-12(9-17)8-14(11-4-5-11)21-15(16)18/h2-3,6-7,11-12,14,17H,4-5,8-9H2,1H3/t12-,14-/m0/s1. The fraction of sp³-hybridized carbons (Fsp3) is 0.533. The lowest BCUT2D eigenvalue weighted by Gasteiger charge is -2.37. The summed E-state index contributed by atoms with van der Waals surface area (Å²) in [5.74, 6) is 0.308. The molecule has 2 fully saturated rings. The predicted molar refractivity (Wildman–Crippen MR) is 78.7 cm³/mol. The lowest BCUT2D eigenvalue weighted by atomic mass is 10.0. The first-order valence-corrected chi connectivity index (χ1v) is 8.80. The maximum absolute atomic E-state index is 12.7. The van der Waals surface area contributed by atoms with Crippen molar-refractivity contribution >= 4 is 16.1 Å². The van der Waals surface area contributed by atoms with Crippen molar-refractivity contribution in [1.82, 2.24) is 4.31 Å². The average Bonchev–Trinajstić information content (AvgIpc) is 3.31. The minimum atomic E-state index is -4.02. The highest BCUT2D eigenvalue weighted by Gasteiger charge is 2.47. The summed E-state index contributed by atoms with van der Waals surface area (Å²) < 4.78 is 31.3. The molecule has 1 heterocycles. The number of sulfonamides is 1. The number of hydrogen-bond donors (Lipinski definition) is 1. The van der Waals surface area contributed by atoms with Gasteiger partial charge in [0.15, 0.2) is 0 Å². The molecule has 1 aromatic carbocycles. The van der Waals surface area contributed by atoms with Gasteiger partial charge in [-0.25, -0.2) is 13.2 Å². The van der Waals surface area contributed by atoms with Gasteiger partial charge in [0, 0.05) is 6.42 Å². The van der Waals surface area contributed by atoms with Crippen LogP contribution in [0.2, 0.25) is 0 Å². The number of carbonyl (C=O) groups excluding carboxylic acids is 1. The van der Waals surface area contributed by atoms with E-state index in [-0.39, 0.29) is 11.0 Å². The Morgan fingerprint density at radius 1 is 1.27 bits per heavy atom. The molecule has 0 unspecified atom stereocenters. The predicted octanol–water partition coefficient (Wildman–Crippen LogP) is 1.67. The van der Waals surface area contributed by atoms with Gasteiger partial charge in [0.25, 0.3) is 10.0 Å². The molecule has 1 saturated heterocycles. The van der Waals surface area contributed by atoms with Gasteiger partial charge in [-0.3, -0.25) is 0 Å². The third-order valence-corrected chi connectivity index (χ3v) is 6.04. The molecule has 1 aliphatic heterocycles. The number of hydrogen-bond acceptors (Lipinski definition) is 5. The Labute approximate surface area is 129 Å². The number of rotatable bonds is 4. The topological polar surface area (TPSA) is 83.9 Å². The van der Waals surface area contributed by atoms with Gasteiger partial charge in [-0.1, -0.05) is 17.7 Å². The highest BCUT2D eigenvalue weighted by Crippen LogP contribution is 2.40. The van der Waals surface area contributed by atoms with Gasteiger partial charge in [-0.15, -0.1) is 0 Å². The zero-order chi connectivity index (χ0) is 15.9. The minimum absolute atomic E-state index is 0.0263. The van der Waals surface area contributed by atoms with Crippen LogP contribution in [0.1, 0.15) is 24.8 Å². The molecule has 1 aliphatic carbocycles. The molecule has 0 aromatic heterocycles. The van der Waals surface area contributed by atoms with Crippen molar-refractivity contribution in [2.24, 2.45) is 5.92 Å². The van der Waals surface area contributed by atoms with E-state index in [9.17, 15) is 18.3 Å². The van der Waals surface area contributed by atoms with Gasteiger partial charge in [0.05, 0.1) is 17.5 Å². The third-order valence-electron chi connectivity index (χ3n) is 4.20. The SMILES string of the molecule is Cc1ccc(S(=O)(=O)N2C(=O)O[C@H](C3CC3)C[C@H]2CO)cc1. The first-order valence-electron chi connectivity index (χ1n) is 7.36. The summed E-state index contributed by atoms with van der Waals surface area (Å²) in [6.07, 6.45) is 1.15. The molecule has 6 nitrogen and oxygen atoms in total. The Balaban J connectivity index is 1.90. The number of cyclic esters (lactones) is 1. The second kappa shape index (κ2) is 5.55. The highest BCUT2D eigenvalue weighted by molar-refractivity contribution is 7.89.